The maximum atomic E-state index is 12.5. The normalized spacial score (nSPS) is 9.67. The molecule has 0 aliphatic carbocycles. The summed E-state index contributed by atoms with van der Waals surface area (Å²) in [5.74, 6) is 5.69. The van der Waals surface area contributed by atoms with Gasteiger partial charge in [0.25, 0.3) is 5.91 Å². The highest BCUT2D eigenvalue weighted by Crippen LogP contribution is 2.17. The van der Waals surface area contributed by atoms with Crippen LogP contribution in [0.3, 0.4) is 0 Å². The van der Waals surface area contributed by atoms with Gasteiger partial charge in [0, 0.05) is 23.9 Å². The van der Waals surface area contributed by atoms with Gasteiger partial charge in [-0.3, -0.25) is 4.79 Å². The minimum absolute atomic E-state index is 0.0427. The second-order valence-electron chi connectivity index (χ2n) is 4.79. The van der Waals surface area contributed by atoms with Crippen molar-refractivity contribution in [2.75, 3.05) is 18.5 Å². The topological polar surface area (TPSA) is 46.3 Å². The summed E-state index contributed by atoms with van der Waals surface area (Å²) in [6, 6.07) is 15.1. The molecule has 2 aromatic carbocycles. The fourth-order valence-corrected chi connectivity index (χ4v) is 2.00. The van der Waals surface area contributed by atoms with Crippen molar-refractivity contribution < 1.29 is 4.79 Å². The summed E-state index contributed by atoms with van der Waals surface area (Å²) in [6.45, 7) is 2.34. The summed E-state index contributed by atoms with van der Waals surface area (Å²) in [5, 5.41) is 0. The third kappa shape index (κ3) is 3.71. The molecule has 2 N–H and O–H groups in total. The van der Waals surface area contributed by atoms with Crippen LogP contribution in [0.5, 0.6) is 0 Å². The van der Waals surface area contributed by atoms with Crippen LogP contribution < -0.4 is 10.6 Å². The van der Waals surface area contributed by atoms with E-state index in [0.29, 0.717) is 12.1 Å². The molecule has 0 spiro atoms. The number of hydrogen-bond donors (Lipinski definition) is 1. The first-order chi connectivity index (χ1) is 10.1. The van der Waals surface area contributed by atoms with Crippen molar-refractivity contribution in [2.24, 2.45) is 5.73 Å². The number of anilines is 1. The van der Waals surface area contributed by atoms with Gasteiger partial charge >= 0.3 is 0 Å². The van der Waals surface area contributed by atoms with Gasteiger partial charge in [0.05, 0.1) is 6.54 Å². The predicted molar refractivity (Wildman–Crippen MR) is 86.3 cm³/mol. The molecule has 0 radical (unpaired) electrons. The van der Waals surface area contributed by atoms with E-state index >= 15 is 0 Å². The average Bonchev–Trinajstić information content (AvgIpc) is 2.52. The van der Waals surface area contributed by atoms with Gasteiger partial charge in [0.15, 0.2) is 0 Å². The number of aryl methyl sites for hydroxylation is 1. The number of nitrogens with two attached hydrogens (primary N) is 1. The van der Waals surface area contributed by atoms with Crippen LogP contribution in [0.25, 0.3) is 0 Å². The molecule has 0 saturated carbocycles. The van der Waals surface area contributed by atoms with Crippen LogP contribution in [-0.4, -0.2) is 19.5 Å². The Morgan fingerprint density at radius 1 is 1.19 bits per heavy atom. The second-order valence-corrected chi connectivity index (χ2v) is 4.79. The van der Waals surface area contributed by atoms with Gasteiger partial charge < -0.3 is 10.6 Å². The molecule has 0 aliphatic rings. The lowest BCUT2D eigenvalue weighted by atomic mass is 10.1. The van der Waals surface area contributed by atoms with Gasteiger partial charge in [-0.2, -0.15) is 0 Å². The largest absolute Gasteiger partial charge is 0.320 e. The zero-order valence-corrected chi connectivity index (χ0v) is 12.3. The van der Waals surface area contributed by atoms with Crippen LogP contribution in [0.2, 0.25) is 0 Å². The fourth-order valence-electron chi connectivity index (χ4n) is 2.00. The molecule has 0 aromatic heterocycles. The van der Waals surface area contributed by atoms with E-state index in [1.165, 1.54) is 0 Å². The molecule has 0 saturated heterocycles. The van der Waals surface area contributed by atoms with E-state index in [1.54, 1.807) is 24.1 Å². The van der Waals surface area contributed by atoms with Crippen LogP contribution in [-0.2, 0) is 0 Å². The maximum absolute atomic E-state index is 12.5. The van der Waals surface area contributed by atoms with Gasteiger partial charge in [-0.05, 0) is 48.9 Å². The molecular weight excluding hydrogens is 260 g/mol. The first-order valence-corrected chi connectivity index (χ1v) is 6.75. The van der Waals surface area contributed by atoms with E-state index in [0.717, 1.165) is 16.8 Å². The third-order valence-electron chi connectivity index (χ3n) is 3.16. The molecule has 0 atom stereocenters. The van der Waals surface area contributed by atoms with E-state index in [9.17, 15) is 4.79 Å². The molecule has 0 aliphatic heterocycles. The molecule has 21 heavy (non-hydrogen) atoms. The summed E-state index contributed by atoms with van der Waals surface area (Å²) in [7, 11) is 1.78. The number of carbonyl (C=O) groups is 1. The van der Waals surface area contributed by atoms with Crippen molar-refractivity contribution in [1.82, 2.24) is 0 Å². The van der Waals surface area contributed by atoms with E-state index in [1.807, 2.05) is 43.3 Å². The Balaban J connectivity index is 2.19. The lowest BCUT2D eigenvalue weighted by Gasteiger charge is -2.18. The van der Waals surface area contributed by atoms with Gasteiger partial charge in [0.1, 0.15) is 0 Å². The SMILES string of the molecule is Cc1cccc(N(C)C(=O)c2ccc(C#CCN)cc2)c1. The zero-order valence-electron chi connectivity index (χ0n) is 12.3. The molecular formula is C18H18N2O. The van der Waals surface area contributed by atoms with Crippen molar-refractivity contribution in [3.63, 3.8) is 0 Å². The van der Waals surface area contributed by atoms with E-state index in [-0.39, 0.29) is 5.91 Å². The molecule has 3 heteroatoms. The average molecular weight is 278 g/mol. The highest BCUT2D eigenvalue weighted by Gasteiger charge is 2.13. The Bertz CT molecular complexity index is 693. The molecule has 0 fully saturated rings. The third-order valence-corrected chi connectivity index (χ3v) is 3.16. The Hall–Kier alpha value is -2.57. The highest BCUT2D eigenvalue weighted by molar-refractivity contribution is 6.05. The molecule has 1 amide bonds. The van der Waals surface area contributed by atoms with E-state index < -0.39 is 0 Å². The van der Waals surface area contributed by atoms with Crippen molar-refractivity contribution in [3.8, 4) is 11.8 Å². The molecule has 2 rings (SSSR count). The first kappa shape index (κ1) is 14.8. The smallest absolute Gasteiger partial charge is 0.258 e. The van der Waals surface area contributed by atoms with Crippen LogP contribution in [0, 0.1) is 18.8 Å². The second kappa shape index (κ2) is 6.74. The van der Waals surface area contributed by atoms with Crippen molar-refractivity contribution in [2.45, 2.75) is 6.92 Å². The lowest BCUT2D eigenvalue weighted by Crippen LogP contribution is -2.26. The summed E-state index contributed by atoms with van der Waals surface area (Å²) in [4.78, 5) is 14.1. The van der Waals surface area contributed by atoms with Crippen molar-refractivity contribution >= 4 is 11.6 Å². The summed E-state index contributed by atoms with van der Waals surface area (Å²) >= 11 is 0. The summed E-state index contributed by atoms with van der Waals surface area (Å²) in [6.07, 6.45) is 0. The van der Waals surface area contributed by atoms with Crippen LogP contribution in [0.15, 0.2) is 48.5 Å². The number of rotatable bonds is 2. The quantitative estimate of drug-likeness (QED) is 0.858. The number of hydrogen-bond acceptors (Lipinski definition) is 2. The van der Waals surface area contributed by atoms with E-state index in [4.69, 9.17) is 5.73 Å². The molecule has 2 aromatic rings. The minimum atomic E-state index is -0.0427. The van der Waals surface area contributed by atoms with Crippen LogP contribution in [0.1, 0.15) is 21.5 Å². The van der Waals surface area contributed by atoms with Crippen molar-refractivity contribution in [1.29, 1.82) is 0 Å². The number of benzene rings is 2. The molecule has 3 nitrogen and oxygen atoms in total. The predicted octanol–water partition coefficient (Wildman–Crippen LogP) is 2.58. The van der Waals surface area contributed by atoms with Gasteiger partial charge in [-0.15, -0.1) is 0 Å². The lowest BCUT2D eigenvalue weighted by molar-refractivity contribution is 0.0993. The summed E-state index contributed by atoms with van der Waals surface area (Å²) < 4.78 is 0. The Morgan fingerprint density at radius 3 is 2.52 bits per heavy atom. The van der Waals surface area contributed by atoms with Gasteiger partial charge in [-0.1, -0.05) is 24.0 Å². The van der Waals surface area contributed by atoms with Crippen LogP contribution in [0.4, 0.5) is 5.69 Å². The maximum Gasteiger partial charge on any atom is 0.258 e. The minimum Gasteiger partial charge on any atom is -0.320 e. The molecule has 106 valence electrons. The molecule has 0 heterocycles. The fraction of sp³-hybridized carbons (Fsp3) is 0.167. The zero-order chi connectivity index (χ0) is 15.2. The Kier molecular flexibility index (Phi) is 4.76. The van der Waals surface area contributed by atoms with Gasteiger partial charge in [-0.25, -0.2) is 0 Å². The number of carbonyl (C=O) groups excluding carboxylic acids is 1. The van der Waals surface area contributed by atoms with Crippen LogP contribution >= 0.6 is 0 Å². The number of nitrogens with zero attached hydrogens (tertiary/aromatic N) is 1. The first-order valence-electron chi connectivity index (χ1n) is 6.75. The molecule has 0 unspecified atom stereocenters. The summed E-state index contributed by atoms with van der Waals surface area (Å²) in [5.41, 5.74) is 8.84. The highest BCUT2D eigenvalue weighted by atomic mass is 16.2. The van der Waals surface area contributed by atoms with Gasteiger partial charge in [0.2, 0.25) is 0 Å². The number of amides is 1. The monoisotopic (exact) mass is 278 g/mol. The Morgan fingerprint density at radius 2 is 1.90 bits per heavy atom. The standard InChI is InChI=1S/C18H18N2O/c1-14-5-3-7-17(13-14)20(2)18(21)16-10-8-15(9-11-16)6-4-12-19/h3,5,7-11,13H,12,19H2,1-2H3. The van der Waals surface area contributed by atoms with Crippen molar-refractivity contribution in [3.05, 3.63) is 65.2 Å². The Labute approximate surface area is 125 Å². The van der Waals surface area contributed by atoms with E-state index in [2.05, 4.69) is 11.8 Å². The molecule has 0 bridgehead atoms.